The average Bonchev–Trinajstić information content (AvgIpc) is 2.37. The number of hydrogen-bond donors (Lipinski definition) is 1. The summed E-state index contributed by atoms with van der Waals surface area (Å²) in [4.78, 5) is 8.19. The second kappa shape index (κ2) is 5.64. The SMILES string of the molecule is CC[C@H](Nc1cncc(Cl)n1)c1ccccc1. The van der Waals surface area contributed by atoms with E-state index < -0.39 is 0 Å². The summed E-state index contributed by atoms with van der Waals surface area (Å²) < 4.78 is 0. The minimum absolute atomic E-state index is 0.226. The third kappa shape index (κ3) is 3.17. The van der Waals surface area contributed by atoms with Gasteiger partial charge in [-0.25, -0.2) is 4.98 Å². The maximum absolute atomic E-state index is 5.80. The number of nitrogens with one attached hydrogen (secondary N) is 1. The van der Waals surface area contributed by atoms with Gasteiger partial charge in [0.2, 0.25) is 0 Å². The third-order valence-electron chi connectivity index (χ3n) is 2.54. The fourth-order valence-corrected chi connectivity index (χ4v) is 1.84. The summed E-state index contributed by atoms with van der Waals surface area (Å²) in [6.45, 7) is 2.13. The molecule has 0 bridgehead atoms. The molecule has 0 unspecified atom stereocenters. The third-order valence-corrected chi connectivity index (χ3v) is 2.72. The molecule has 2 rings (SSSR count). The van der Waals surface area contributed by atoms with Crippen LogP contribution in [0.3, 0.4) is 0 Å². The van der Waals surface area contributed by atoms with E-state index in [9.17, 15) is 0 Å². The van der Waals surface area contributed by atoms with Gasteiger partial charge < -0.3 is 5.32 Å². The van der Waals surface area contributed by atoms with E-state index in [1.165, 1.54) is 11.8 Å². The minimum atomic E-state index is 0.226. The molecule has 1 heterocycles. The lowest BCUT2D eigenvalue weighted by molar-refractivity contribution is 0.743. The number of benzene rings is 1. The van der Waals surface area contributed by atoms with Crippen molar-refractivity contribution in [2.24, 2.45) is 0 Å². The van der Waals surface area contributed by atoms with Gasteiger partial charge in [0, 0.05) is 0 Å². The van der Waals surface area contributed by atoms with E-state index in [0.717, 1.165) is 6.42 Å². The molecule has 0 fully saturated rings. The Kier molecular flexibility index (Phi) is 3.94. The van der Waals surface area contributed by atoms with Crippen LogP contribution in [0.2, 0.25) is 5.15 Å². The van der Waals surface area contributed by atoms with Crippen molar-refractivity contribution in [1.82, 2.24) is 9.97 Å². The highest BCUT2D eigenvalue weighted by molar-refractivity contribution is 6.29. The Morgan fingerprint density at radius 3 is 2.65 bits per heavy atom. The maximum Gasteiger partial charge on any atom is 0.149 e. The first-order chi connectivity index (χ1) is 8.29. The minimum Gasteiger partial charge on any atom is -0.362 e. The molecule has 1 aromatic carbocycles. The van der Waals surface area contributed by atoms with Gasteiger partial charge >= 0.3 is 0 Å². The fourth-order valence-electron chi connectivity index (χ4n) is 1.70. The molecule has 0 radical (unpaired) electrons. The zero-order valence-electron chi connectivity index (χ0n) is 9.60. The van der Waals surface area contributed by atoms with Crippen molar-refractivity contribution in [2.75, 3.05) is 5.32 Å². The van der Waals surface area contributed by atoms with Gasteiger partial charge in [-0.1, -0.05) is 48.9 Å². The summed E-state index contributed by atoms with van der Waals surface area (Å²) in [6.07, 6.45) is 4.17. The highest BCUT2D eigenvalue weighted by atomic mass is 35.5. The second-order valence-electron chi connectivity index (χ2n) is 3.74. The zero-order chi connectivity index (χ0) is 12.1. The van der Waals surface area contributed by atoms with Crippen molar-refractivity contribution in [3.8, 4) is 0 Å². The predicted molar refractivity (Wildman–Crippen MR) is 70.1 cm³/mol. The van der Waals surface area contributed by atoms with Gasteiger partial charge in [0.1, 0.15) is 11.0 Å². The van der Waals surface area contributed by atoms with Crippen LogP contribution >= 0.6 is 11.6 Å². The first-order valence-corrected chi connectivity index (χ1v) is 5.96. The molecular weight excluding hydrogens is 234 g/mol. The Hall–Kier alpha value is -1.61. The molecule has 1 atom stereocenters. The van der Waals surface area contributed by atoms with Crippen LogP contribution in [0.15, 0.2) is 42.7 Å². The Balaban J connectivity index is 2.16. The quantitative estimate of drug-likeness (QED) is 0.895. The summed E-state index contributed by atoms with van der Waals surface area (Å²) >= 11 is 5.80. The lowest BCUT2D eigenvalue weighted by Crippen LogP contribution is -2.10. The number of anilines is 1. The van der Waals surface area contributed by atoms with Crippen molar-refractivity contribution in [3.05, 3.63) is 53.4 Å². The van der Waals surface area contributed by atoms with E-state index in [1.807, 2.05) is 18.2 Å². The van der Waals surface area contributed by atoms with Crippen LogP contribution in [0.5, 0.6) is 0 Å². The Labute approximate surface area is 106 Å². The van der Waals surface area contributed by atoms with E-state index in [2.05, 4.69) is 34.3 Å². The van der Waals surface area contributed by atoms with Crippen LogP contribution in [-0.4, -0.2) is 9.97 Å². The van der Waals surface area contributed by atoms with Crippen LogP contribution in [0.1, 0.15) is 24.9 Å². The normalized spacial score (nSPS) is 12.1. The molecule has 0 saturated heterocycles. The lowest BCUT2D eigenvalue weighted by atomic mass is 10.1. The topological polar surface area (TPSA) is 37.8 Å². The van der Waals surface area contributed by atoms with Crippen LogP contribution in [0.4, 0.5) is 5.82 Å². The molecule has 17 heavy (non-hydrogen) atoms. The summed E-state index contributed by atoms with van der Waals surface area (Å²) in [5.74, 6) is 0.702. The Morgan fingerprint density at radius 2 is 2.00 bits per heavy atom. The van der Waals surface area contributed by atoms with E-state index in [4.69, 9.17) is 11.6 Å². The van der Waals surface area contributed by atoms with Crippen molar-refractivity contribution >= 4 is 17.4 Å². The maximum atomic E-state index is 5.80. The van der Waals surface area contributed by atoms with Crippen LogP contribution in [-0.2, 0) is 0 Å². The van der Waals surface area contributed by atoms with Gasteiger partial charge in [0.05, 0.1) is 18.4 Å². The second-order valence-corrected chi connectivity index (χ2v) is 4.13. The first-order valence-electron chi connectivity index (χ1n) is 5.58. The van der Waals surface area contributed by atoms with Gasteiger partial charge in [-0.3, -0.25) is 4.98 Å². The lowest BCUT2D eigenvalue weighted by Gasteiger charge is -2.17. The molecule has 2 aromatic rings. The highest BCUT2D eigenvalue weighted by Gasteiger charge is 2.09. The number of aromatic nitrogens is 2. The predicted octanol–water partition coefficient (Wildman–Crippen LogP) is 3.69. The van der Waals surface area contributed by atoms with Gasteiger partial charge in [-0.2, -0.15) is 0 Å². The molecule has 0 spiro atoms. The average molecular weight is 248 g/mol. The zero-order valence-corrected chi connectivity index (χ0v) is 10.4. The molecule has 4 heteroatoms. The van der Waals surface area contributed by atoms with Gasteiger partial charge in [0.15, 0.2) is 0 Å². The van der Waals surface area contributed by atoms with Crippen molar-refractivity contribution in [1.29, 1.82) is 0 Å². The summed E-state index contributed by atoms with van der Waals surface area (Å²) in [5.41, 5.74) is 1.23. The Bertz CT molecular complexity index is 473. The first kappa shape index (κ1) is 11.9. The molecule has 0 aliphatic carbocycles. The number of halogens is 1. The Morgan fingerprint density at radius 1 is 1.24 bits per heavy atom. The summed E-state index contributed by atoms with van der Waals surface area (Å²) in [5, 5.41) is 3.73. The van der Waals surface area contributed by atoms with E-state index in [0.29, 0.717) is 11.0 Å². The van der Waals surface area contributed by atoms with Crippen molar-refractivity contribution in [2.45, 2.75) is 19.4 Å². The molecule has 3 nitrogen and oxygen atoms in total. The molecule has 0 amide bonds. The van der Waals surface area contributed by atoms with Crippen LogP contribution < -0.4 is 5.32 Å². The molecule has 1 N–H and O–H groups in total. The van der Waals surface area contributed by atoms with Crippen LogP contribution in [0, 0.1) is 0 Å². The van der Waals surface area contributed by atoms with Crippen molar-refractivity contribution < 1.29 is 0 Å². The van der Waals surface area contributed by atoms with Crippen molar-refractivity contribution in [3.63, 3.8) is 0 Å². The smallest absolute Gasteiger partial charge is 0.149 e. The molecular formula is C13H14ClN3. The van der Waals surface area contributed by atoms with E-state index in [1.54, 1.807) is 6.20 Å². The molecule has 88 valence electrons. The standard InChI is InChI=1S/C13H14ClN3/c1-2-11(10-6-4-3-5-7-10)16-13-9-15-8-12(14)17-13/h3-9,11H,2H2,1H3,(H,16,17)/t11-/m0/s1. The largest absolute Gasteiger partial charge is 0.362 e. The molecule has 0 saturated carbocycles. The monoisotopic (exact) mass is 247 g/mol. The van der Waals surface area contributed by atoms with E-state index >= 15 is 0 Å². The van der Waals surface area contributed by atoms with Gasteiger partial charge in [-0.15, -0.1) is 0 Å². The van der Waals surface area contributed by atoms with Gasteiger partial charge in [0.25, 0.3) is 0 Å². The van der Waals surface area contributed by atoms with Gasteiger partial charge in [-0.05, 0) is 12.0 Å². The molecule has 0 aliphatic heterocycles. The highest BCUT2D eigenvalue weighted by Crippen LogP contribution is 2.21. The molecule has 0 aliphatic rings. The number of nitrogens with zero attached hydrogens (tertiary/aromatic N) is 2. The van der Waals surface area contributed by atoms with Crippen LogP contribution in [0.25, 0.3) is 0 Å². The fraction of sp³-hybridized carbons (Fsp3) is 0.231. The number of hydrogen-bond acceptors (Lipinski definition) is 3. The summed E-state index contributed by atoms with van der Waals surface area (Å²) in [6, 6.07) is 10.5. The molecule has 1 aromatic heterocycles. The number of rotatable bonds is 4. The summed E-state index contributed by atoms with van der Waals surface area (Å²) in [7, 11) is 0. The van der Waals surface area contributed by atoms with E-state index in [-0.39, 0.29) is 6.04 Å².